The summed E-state index contributed by atoms with van der Waals surface area (Å²) >= 11 is 0. The molecule has 0 bridgehead atoms. The highest BCUT2D eigenvalue weighted by Gasteiger charge is 2.30. The molecular weight excluding hydrogens is 378 g/mol. The van der Waals surface area contributed by atoms with Crippen LogP contribution in [-0.4, -0.2) is 36.5 Å². The molecule has 1 aliphatic rings. The molecule has 0 radical (unpaired) electrons. The molecule has 1 saturated heterocycles. The highest BCUT2D eigenvalue weighted by Crippen LogP contribution is 2.29. The van der Waals surface area contributed by atoms with Crippen molar-refractivity contribution in [3.05, 3.63) is 72.3 Å². The summed E-state index contributed by atoms with van der Waals surface area (Å²) in [5.41, 5.74) is 0.708. The molecule has 0 saturated carbocycles. The normalized spacial score (nSPS) is 14.5. The molecule has 0 unspecified atom stereocenters. The number of ether oxygens (including phenoxy) is 2. The highest BCUT2D eigenvalue weighted by atomic mass is 16.6. The van der Waals surface area contributed by atoms with Gasteiger partial charge in [-0.15, -0.1) is 0 Å². The van der Waals surface area contributed by atoms with Crippen LogP contribution in [0.2, 0.25) is 0 Å². The Morgan fingerprint density at radius 2 is 1.57 bits per heavy atom. The van der Waals surface area contributed by atoms with Gasteiger partial charge >= 0.3 is 5.97 Å². The van der Waals surface area contributed by atoms with Crippen molar-refractivity contribution < 1.29 is 19.1 Å². The molecular formula is C25H25NO4. The van der Waals surface area contributed by atoms with Crippen molar-refractivity contribution in [2.75, 3.05) is 19.7 Å². The minimum Gasteiger partial charge on any atom is -0.490 e. The molecule has 3 aromatic rings. The molecule has 3 aromatic carbocycles. The quantitative estimate of drug-likeness (QED) is 0.458. The smallest absolute Gasteiger partial charge is 0.314 e. The van der Waals surface area contributed by atoms with E-state index in [1.54, 1.807) is 12.1 Å². The number of nitrogens with zero attached hydrogens (tertiary/aromatic N) is 1. The van der Waals surface area contributed by atoms with Crippen LogP contribution in [0.5, 0.6) is 11.5 Å². The predicted molar refractivity (Wildman–Crippen MR) is 116 cm³/mol. The Hall–Kier alpha value is -3.34. The van der Waals surface area contributed by atoms with E-state index in [0.29, 0.717) is 49.6 Å². The molecule has 0 N–H and O–H groups in total. The predicted octanol–water partition coefficient (Wildman–Crippen LogP) is 4.70. The largest absolute Gasteiger partial charge is 0.490 e. The van der Waals surface area contributed by atoms with E-state index in [1.807, 2.05) is 66.4 Å². The first-order valence-electron chi connectivity index (χ1n) is 10.4. The summed E-state index contributed by atoms with van der Waals surface area (Å²) in [6, 6.07) is 20.9. The molecule has 30 heavy (non-hydrogen) atoms. The number of para-hydroxylation sites is 2. The van der Waals surface area contributed by atoms with Gasteiger partial charge in [0.25, 0.3) is 5.91 Å². The highest BCUT2D eigenvalue weighted by molar-refractivity contribution is 6.07. The third-order valence-corrected chi connectivity index (χ3v) is 5.50. The number of hydrogen-bond donors (Lipinski definition) is 0. The number of esters is 1. The van der Waals surface area contributed by atoms with E-state index in [9.17, 15) is 9.59 Å². The maximum Gasteiger partial charge on any atom is 0.314 e. The number of fused-ring (bicyclic) bond motifs is 1. The summed E-state index contributed by atoms with van der Waals surface area (Å²) in [6.45, 7) is 3.47. The maximum absolute atomic E-state index is 13.1. The second-order valence-electron chi connectivity index (χ2n) is 7.39. The molecule has 1 amide bonds. The summed E-state index contributed by atoms with van der Waals surface area (Å²) in [7, 11) is 0. The van der Waals surface area contributed by atoms with E-state index >= 15 is 0 Å². The fourth-order valence-electron chi connectivity index (χ4n) is 3.90. The van der Waals surface area contributed by atoms with Crippen molar-refractivity contribution in [1.29, 1.82) is 0 Å². The van der Waals surface area contributed by atoms with Gasteiger partial charge in [-0.3, -0.25) is 9.59 Å². The molecule has 0 atom stereocenters. The summed E-state index contributed by atoms with van der Waals surface area (Å²) in [5, 5.41) is 2.01. The van der Waals surface area contributed by atoms with Gasteiger partial charge in [0, 0.05) is 18.7 Å². The molecule has 0 aromatic heterocycles. The molecule has 0 aliphatic carbocycles. The number of hydrogen-bond acceptors (Lipinski definition) is 4. The summed E-state index contributed by atoms with van der Waals surface area (Å²) in [4.78, 5) is 27.6. The zero-order valence-electron chi connectivity index (χ0n) is 17.0. The zero-order chi connectivity index (χ0) is 20.9. The van der Waals surface area contributed by atoms with E-state index in [2.05, 4.69) is 0 Å². The Morgan fingerprint density at radius 3 is 2.33 bits per heavy atom. The Labute approximate surface area is 176 Å². The first-order valence-corrected chi connectivity index (χ1v) is 10.4. The van der Waals surface area contributed by atoms with Crippen molar-refractivity contribution in [2.24, 2.45) is 5.92 Å². The van der Waals surface area contributed by atoms with Gasteiger partial charge in [-0.05, 0) is 48.7 Å². The van der Waals surface area contributed by atoms with Gasteiger partial charge in [0.15, 0.2) is 11.5 Å². The minimum absolute atomic E-state index is 0.0142. The lowest BCUT2D eigenvalue weighted by Crippen LogP contribution is -2.41. The topological polar surface area (TPSA) is 55.8 Å². The first kappa shape index (κ1) is 20.0. The number of carbonyl (C=O) groups excluding carboxylic acids is 2. The lowest BCUT2D eigenvalue weighted by Gasteiger charge is -2.31. The molecule has 1 heterocycles. The second-order valence-corrected chi connectivity index (χ2v) is 7.39. The van der Waals surface area contributed by atoms with Crippen LogP contribution in [0, 0.1) is 5.92 Å². The third-order valence-electron chi connectivity index (χ3n) is 5.50. The fourth-order valence-corrected chi connectivity index (χ4v) is 3.90. The van der Waals surface area contributed by atoms with Crippen LogP contribution >= 0.6 is 0 Å². The lowest BCUT2D eigenvalue weighted by atomic mass is 9.95. The number of benzene rings is 3. The SMILES string of the molecule is CCOc1ccccc1OC(=O)C1CCN(C(=O)c2cccc3ccccc23)CC1. The van der Waals surface area contributed by atoms with E-state index in [1.165, 1.54) is 0 Å². The summed E-state index contributed by atoms with van der Waals surface area (Å²) in [6.07, 6.45) is 1.18. The Morgan fingerprint density at radius 1 is 0.900 bits per heavy atom. The van der Waals surface area contributed by atoms with Crippen molar-refractivity contribution >= 4 is 22.6 Å². The number of piperidine rings is 1. The van der Waals surface area contributed by atoms with Gasteiger partial charge in [-0.1, -0.05) is 48.5 Å². The third kappa shape index (κ3) is 4.15. The maximum atomic E-state index is 13.1. The number of amides is 1. The van der Waals surface area contributed by atoms with E-state index in [-0.39, 0.29) is 17.8 Å². The molecule has 1 aliphatic heterocycles. The van der Waals surface area contributed by atoms with Crippen molar-refractivity contribution in [3.8, 4) is 11.5 Å². The van der Waals surface area contributed by atoms with Gasteiger partial charge in [-0.25, -0.2) is 0 Å². The van der Waals surface area contributed by atoms with E-state index < -0.39 is 0 Å². The monoisotopic (exact) mass is 403 g/mol. The van der Waals surface area contributed by atoms with Crippen LogP contribution in [-0.2, 0) is 4.79 Å². The summed E-state index contributed by atoms with van der Waals surface area (Å²) in [5.74, 6) is 0.534. The Kier molecular flexibility index (Phi) is 5.98. The van der Waals surface area contributed by atoms with Gasteiger partial charge in [0.1, 0.15) is 0 Å². The molecule has 0 spiro atoms. The lowest BCUT2D eigenvalue weighted by molar-refractivity contribution is -0.140. The van der Waals surface area contributed by atoms with Crippen LogP contribution in [0.4, 0.5) is 0 Å². The van der Waals surface area contributed by atoms with Crippen LogP contribution in [0.15, 0.2) is 66.7 Å². The number of likely N-dealkylation sites (tertiary alicyclic amines) is 1. The Balaban J connectivity index is 1.40. The molecule has 1 fully saturated rings. The summed E-state index contributed by atoms with van der Waals surface area (Å²) < 4.78 is 11.1. The van der Waals surface area contributed by atoms with Gasteiger partial charge < -0.3 is 14.4 Å². The first-order chi connectivity index (χ1) is 14.7. The van der Waals surface area contributed by atoms with Gasteiger partial charge in [0.05, 0.1) is 12.5 Å². The van der Waals surface area contributed by atoms with Gasteiger partial charge in [-0.2, -0.15) is 0 Å². The fraction of sp³-hybridized carbons (Fsp3) is 0.280. The molecule has 154 valence electrons. The molecule has 5 nitrogen and oxygen atoms in total. The van der Waals surface area contributed by atoms with Crippen LogP contribution in [0.3, 0.4) is 0 Å². The molecule has 5 heteroatoms. The standard InChI is InChI=1S/C25H25NO4/c1-2-29-22-12-5-6-13-23(22)30-25(28)19-14-16-26(17-15-19)24(27)21-11-7-9-18-8-3-4-10-20(18)21/h3-13,19H,2,14-17H2,1H3. The zero-order valence-corrected chi connectivity index (χ0v) is 17.0. The average Bonchev–Trinajstić information content (AvgIpc) is 2.80. The Bertz CT molecular complexity index is 1050. The van der Waals surface area contributed by atoms with Gasteiger partial charge in [0.2, 0.25) is 0 Å². The number of carbonyl (C=O) groups is 2. The number of rotatable bonds is 5. The van der Waals surface area contributed by atoms with Crippen LogP contribution < -0.4 is 9.47 Å². The van der Waals surface area contributed by atoms with Crippen molar-refractivity contribution in [1.82, 2.24) is 4.90 Å². The minimum atomic E-state index is -0.264. The van der Waals surface area contributed by atoms with Crippen molar-refractivity contribution in [3.63, 3.8) is 0 Å². The van der Waals surface area contributed by atoms with Crippen LogP contribution in [0.1, 0.15) is 30.1 Å². The van der Waals surface area contributed by atoms with Crippen molar-refractivity contribution in [2.45, 2.75) is 19.8 Å². The van der Waals surface area contributed by atoms with Crippen LogP contribution in [0.25, 0.3) is 10.8 Å². The van der Waals surface area contributed by atoms with E-state index in [0.717, 1.165) is 10.8 Å². The second kappa shape index (κ2) is 8.99. The van der Waals surface area contributed by atoms with E-state index in [4.69, 9.17) is 9.47 Å². The average molecular weight is 403 g/mol. The molecule has 4 rings (SSSR count).